The molecule has 4 rings (SSSR count). The van der Waals surface area contributed by atoms with Crippen molar-refractivity contribution in [2.45, 2.75) is 24.4 Å². The van der Waals surface area contributed by atoms with Crippen LogP contribution in [0.15, 0.2) is 102 Å². The number of benzene rings is 2. The highest BCUT2D eigenvalue weighted by molar-refractivity contribution is 7.89. The van der Waals surface area contributed by atoms with Crippen LogP contribution < -0.4 is 0 Å². The van der Waals surface area contributed by atoms with Gasteiger partial charge in [0.25, 0.3) is 0 Å². The molecule has 7 nitrogen and oxygen atoms in total. The Balaban J connectivity index is 1.64. The molecule has 0 spiro atoms. The molecule has 0 atom stereocenters. The fourth-order valence-corrected chi connectivity index (χ4v) is 4.99. The van der Waals surface area contributed by atoms with E-state index >= 15 is 0 Å². The van der Waals surface area contributed by atoms with Crippen LogP contribution in [-0.4, -0.2) is 33.8 Å². The van der Waals surface area contributed by atoms with E-state index in [1.807, 2.05) is 42.5 Å². The van der Waals surface area contributed by atoms with Crippen LogP contribution in [0.3, 0.4) is 0 Å². The molecule has 0 aliphatic rings. The highest BCUT2D eigenvalue weighted by atomic mass is 32.2. The van der Waals surface area contributed by atoms with E-state index in [0.717, 1.165) is 16.8 Å². The summed E-state index contributed by atoms with van der Waals surface area (Å²) >= 11 is 0. The van der Waals surface area contributed by atoms with Crippen LogP contribution in [0.4, 0.5) is 0 Å². The van der Waals surface area contributed by atoms with E-state index in [1.54, 1.807) is 36.5 Å². The summed E-state index contributed by atoms with van der Waals surface area (Å²) in [6.07, 6.45) is 4.45. The van der Waals surface area contributed by atoms with Crippen molar-refractivity contribution in [3.8, 4) is 11.3 Å². The van der Waals surface area contributed by atoms with Crippen molar-refractivity contribution in [1.29, 1.82) is 0 Å². The molecule has 2 heterocycles. The summed E-state index contributed by atoms with van der Waals surface area (Å²) in [5.41, 5.74) is 3.91. The maximum atomic E-state index is 13.5. The Kier molecular flexibility index (Phi) is 7.10. The van der Waals surface area contributed by atoms with Gasteiger partial charge in [0.2, 0.25) is 10.0 Å². The molecule has 0 aliphatic heterocycles. The number of aliphatic carboxylic acids is 1. The van der Waals surface area contributed by atoms with E-state index < -0.39 is 16.0 Å². The van der Waals surface area contributed by atoms with Gasteiger partial charge in [-0.1, -0.05) is 54.6 Å². The van der Waals surface area contributed by atoms with Crippen LogP contribution in [0.5, 0.6) is 0 Å². The van der Waals surface area contributed by atoms with Gasteiger partial charge in [-0.25, -0.2) is 8.42 Å². The lowest BCUT2D eigenvalue weighted by atomic mass is 10.1. The molecule has 0 saturated heterocycles. The first kappa shape index (κ1) is 23.3. The molecule has 0 bridgehead atoms. The summed E-state index contributed by atoms with van der Waals surface area (Å²) < 4.78 is 28.3. The van der Waals surface area contributed by atoms with Crippen molar-refractivity contribution in [3.63, 3.8) is 0 Å². The third-order valence-electron chi connectivity index (χ3n) is 5.25. The summed E-state index contributed by atoms with van der Waals surface area (Å²) in [7, 11) is -3.85. The van der Waals surface area contributed by atoms with Gasteiger partial charge in [0, 0.05) is 37.2 Å². The molecule has 2 aromatic heterocycles. The Morgan fingerprint density at radius 3 is 2.26 bits per heavy atom. The van der Waals surface area contributed by atoms with Crippen LogP contribution in [-0.2, 0) is 34.3 Å². The van der Waals surface area contributed by atoms with Crippen LogP contribution >= 0.6 is 0 Å². The minimum atomic E-state index is -3.85. The second kappa shape index (κ2) is 10.4. The van der Waals surface area contributed by atoms with E-state index in [0.29, 0.717) is 11.1 Å². The molecule has 0 saturated carbocycles. The zero-order valence-corrected chi connectivity index (χ0v) is 19.1. The molecule has 0 unspecified atom stereocenters. The average Bonchev–Trinajstić information content (AvgIpc) is 2.85. The zero-order valence-electron chi connectivity index (χ0n) is 18.3. The minimum Gasteiger partial charge on any atom is -0.481 e. The Hall–Kier alpha value is -3.88. The quantitative estimate of drug-likeness (QED) is 0.392. The van der Waals surface area contributed by atoms with Gasteiger partial charge in [0.05, 0.1) is 12.1 Å². The van der Waals surface area contributed by atoms with E-state index in [9.17, 15) is 13.2 Å². The lowest BCUT2D eigenvalue weighted by Crippen LogP contribution is -2.30. The fraction of sp³-hybridized carbons (Fsp3) is 0.115. The standard InChI is InChI=1S/C26H23N3O4S/c30-26(31)16-21-5-3-6-22(15-21)19-29(34(32,33)24-7-4-13-27-17-24)18-20-9-11-23(12-10-20)25-8-1-2-14-28-25/h1-15,17H,16,18-19H2,(H,30,31). The van der Waals surface area contributed by atoms with E-state index in [-0.39, 0.29) is 24.4 Å². The Morgan fingerprint density at radius 2 is 1.59 bits per heavy atom. The first-order chi connectivity index (χ1) is 16.4. The van der Waals surface area contributed by atoms with Crippen LogP contribution in [0.2, 0.25) is 0 Å². The number of rotatable bonds is 9. The normalized spacial score (nSPS) is 11.4. The Morgan fingerprint density at radius 1 is 0.824 bits per heavy atom. The van der Waals surface area contributed by atoms with Crippen LogP contribution in [0, 0.1) is 0 Å². The summed E-state index contributed by atoms with van der Waals surface area (Å²) in [4.78, 5) is 19.5. The van der Waals surface area contributed by atoms with Crippen LogP contribution in [0.25, 0.3) is 11.3 Å². The third kappa shape index (κ3) is 5.72. The lowest BCUT2D eigenvalue weighted by Gasteiger charge is -2.23. The zero-order chi connectivity index (χ0) is 24.0. The summed E-state index contributed by atoms with van der Waals surface area (Å²) in [6, 6.07) is 23.4. The molecule has 2 aromatic carbocycles. The molecular weight excluding hydrogens is 450 g/mol. The van der Waals surface area contributed by atoms with Crippen molar-refractivity contribution >= 4 is 16.0 Å². The Labute approximate surface area is 198 Å². The van der Waals surface area contributed by atoms with Crippen LogP contribution in [0.1, 0.15) is 16.7 Å². The number of nitrogens with zero attached hydrogens (tertiary/aromatic N) is 3. The van der Waals surface area contributed by atoms with E-state index in [4.69, 9.17) is 5.11 Å². The molecule has 34 heavy (non-hydrogen) atoms. The van der Waals surface area contributed by atoms with Gasteiger partial charge in [0.1, 0.15) is 4.90 Å². The van der Waals surface area contributed by atoms with E-state index in [1.165, 1.54) is 22.8 Å². The van der Waals surface area contributed by atoms with Gasteiger partial charge in [-0.3, -0.25) is 14.8 Å². The number of hydrogen-bond donors (Lipinski definition) is 1. The second-order valence-corrected chi connectivity index (χ2v) is 9.70. The highest BCUT2D eigenvalue weighted by Crippen LogP contribution is 2.23. The monoisotopic (exact) mass is 473 g/mol. The number of carboxylic acids is 1. The first-order valence-corrected chi connectivity index (χ1v) is 12.1. The largest absolute Gasteiger partial charge is 0.481 e. The number of carbonyl (C=O) groups is 1. The molecule has 1 N–H and O–H groups in total. The molecule has 0 amide bonds. The molecule has 0 fully saturated rings. The highest BCUT2D eigenvalue weighted by Gasteiger charge is 2.25. The molecule has 0 radical (unpaired) electrons. The van der Waals surface area contributed by atoms with Gasteiger partial charge in [-0.05, 0) is 41.0 Å². The molecule has 172 valence electrons. The van der Waals surface area contributed by atoms with Gasteiger partial charge < -0.3 is 5.11 Å². The molecule has 8 heteroatoms. The number of aromatic nitrogens is 2. The topological polar surface area (TPSA) is 100 Å². The van der Waals surface area contributed by atoms with Crippen molar-refractivity contribution in [1.82, 2.24) is 14.3 Å². The van der Waals surface area contributed by atoms with Gasteiger partial charge >= 0.3 is 5.97 Å². The molecule has 0 aliphatic carbocycles. The van der Waals surface area contributed by atoms with Crippen molar-refractivity contribution < 1.29 is 18.3 Å². The third-order valence-corrected chi connectivity index (χ3v) is 7.03. The van der Waals surface area contributed by atoms with Crippen molar-refractivity contribution in [2.24, 2.45) is 0 Å². The summed E-state index contributed by atoms with van der Waals surface area (Å²) in [5.74, 6) is -0.940. The van der Waals surface area contributed by atoms with Gasteiger partial charge in [-0.15, -0.1) is 0 Å². The minimum absolute atomic E-state index is 0.0900. The average molecular weight is 474 g/mol. The Bertz CT molecular complexity index is 1360. The number of hydrogen-bond acceptors (Lipinski definition) is 5. The van der Waals surface area contributed by atoms with Gasteiger partial charge in [0.15, 0.2) is 0 Å². The van der Waals surface area contributed by atoms with Crippen molar-refractivity contribution in [2.75, 3.05) is 0 Å². The maximum absolute atomic E-state index is 13.5. The maximum Gasteiger partial charge on any atom is 0.307 e. The predicted molar refractivity (Wildman–Crippen MR) is 128 cm³/mol. The number of sulfonamides is 1. The van der Waals surface area contributed by atoms with Gasteiger partial charge in [-0.2, -0.15) is 4.31 Å². The smallest absolute Gasteiger partial charge is 0.307 e. The van der Waals surface area contributed by atoms with Crippen molar-refractivity contribution in [3.05, 3.63) is 114 Å². The fourth-order valence-electron chi connectivity index (χ4n) is 3.61. The number of carboxylic acid groups (broad SMARTS) is 1. The second-order valence-electron chi connectivity index (χ2n) is 7.76. The SMILES string of the molecule is O=C(O)Cc1cccc(CN(Cc2ccc(-c3ccccn3)cc2)S(=O)(=O)c2cccnc2)c1. The molecular formula is C26H23N3O4S. The summed E-state index contributed by atoms with van der Waals surface area (Å²) in [5, 5.41) is 9.10. The summed E-state index contributed by atoms with van der Waals surface area (Å²) in [6.45, 7) is 0.232. The molecule has 4 aromatic rings. The lowest BCUT2D eigenvalue weighted by molar-refractivity contribution is -0.136. The number of pyridine rings is 2. The first-order valence-electron chi connectivity index (χ1n) is 10.6. The predicted octanol–water partition coefficient (Wildman–Crippen LogP) is 4.16. The van der Waals surface area contributed by atoms with E-state index in [2.05, 4.69) is 9.97 Å².